The van der Waals surface area contributed by atoms with E-state index >= 15 is 0 Å². The topological polar surface area (TPSA) is 71.9 Å². The Hall–Kier alpha value is -2.57. The van der Waals surface area contributed by atoms with Gasteiger partial charge in [0.1, 0.15) is 5.75 Å². The van der Waals surface area contributed by atoms with Crippen molar-refractivity contribution in [3.8, 4) is 5.75 Å². The lowest BCUT2D eigenvalue weighted by atomic mass is 10.2. The second-order valence-electron chi connectivity index (χ2n) is 6.31. The minimum atomic E-state index is -0.306. The Labute approximate surface area is 170 Å². The third-order valence-corrected chi connectivity index (χ3v) is 4.70. The first-order valence-electron chi connectivity index (χ1n) is 9.42. The monoisotopic (exact) mass is 404 g/mol. The molecule has 2 aromatic rings. The summed E-state index contributed by atoms with van der Waals surface area (Å²) in [6.07, 6.45) is 0. The maximum Gasteiger partial charge on any atom is 0.262 e. The van der Waals surface area contributed by atoms with Gasteiger partial charge in [-0.15, -0.1) is 0 Å². The molecule has 2 aromatic carbocycles. The van der Waals surface area contributed by atoms with Crippen LogP contribution in [0.4, 0.5) is 5.69 Å². The highest BCUT2D eigenvalue weighted by Gasteiger charge is 2.09. The Morgan fingerprint density at radius 3 is 2.36 bits per heavy atom. The van der Waals surface area contributed by atoms with Gasteiger partial charge >= 0.3 is 0 Å². The van der Waals surface area contributed by atoms with Gasteiger partial charge < -0.3 is 20.3 Å². The Kier molecular flexibility index (Phi) is 8.78. The first-order valence-corrected chi connectivity index (χ1v) is 9.80. The van der Waals surface area contributed by atoms with Crippen molar-refractivity contribution in [3.05, 3.63) is 59.1 Å². The van der Waals surface area contributed by atoms with Gasteiger partial charge in [-0.3, -0.25) is 9.59 Å². The van der Waals surface area contributed by atoms with Crippen LogP contribution in [-0.4, -0.2) is 44.6 Å². The number of carbonyl (C=O) groups is 2. The molecule has 0 bridgehead atoms. The molecule has 0 aromatic heterocycles. The summed E-state index contributed by atoms with van der Waals surface area (Å²) < 4.78 is 5.40. The number of quaternary nitrogens is 1. The van der Waals surface area contributed by atoms with Gasteiger partial charge in [0.15, 0.2) is 6.61 Å². The zero-order valence-electron chi connectivity index (χ0n) is 16.3. The number of amides is 2. The Balaban J connectivity index is 1.79. The number of likely N-dealkylation sites (N-methyl/N-ethyl adjacent to an activating group) is 1. The van der Waals surface area contributed by atoms with Gasteiger partial charge in [0.25, 0.3) is 11.8 Å². The lowest BCUT2D eigenvalue weighted by Crippen LogP contribution is -3.12. The van der Waals surface area contributed by atoms with Crippen molar-refractivity contribution in [2.75, 3.05) is 38.1 Å². The fraction of sp³-hybridized carbons (Fsp3) is 0.333. The molecule has 0 atom stereocenters. The van der Waals surface area contributed by atoms with Gasteiger partial charge in [0.2, 0.25) is 0 Å². The first-order chi connectivity index (χ1) is 13.5. The Bertz CT molecular complexity index is 777. The van der Waals surface area contributed by atoms with Crippen molar-refractivity contribution >= 4 is 29.1 Å². The van der Waals surface area contributed by atoms with Crippen LogP contribution in [0.3, 0.4) is 0 Å². The molecule has 6 nitrogen and oxygen atoms in total. The third kappa shape index (κ3) is 6.87. The molecule has 0 radical (unpaired) electrons. The summed E-state index contributed by atoms with van der Waals surface area (Å²) in [6.45, 7) is 7.73. The fourth-order valence-electron chi connectivity index (χ4n) is 2.67. The minimum absolute atomic E-state index is 0.119. The van der Waals surface area contributed by atoms with Crippen molar-refractivity contribution in [3.63, 3.8) is 0 Å². The van der Waals surface area contributed by atoms with E-state index in [4.69, 9.17) is 16.3 Å². The highest BCUT2D eigenvalue weighted by molar-refractivity contribution is 6.32. The van der Waals surface area contributed by atoms with Crippen molar-refractivity contribution in [2.45, 2.75) is 13.8 Å². The maximum absolute atomic E-state index is 12.2. The van der Waals surface area contributed by atoms with Crippen LogP contribution in [0.1, 0.15) is 24.2 Å². The third-order valence-electron chi connectivity index (χ3n) is 4.39. The Morgan fingerprint density at radius 1 is 1.04 bits per heavy atom. The standard InChI is InChI=1S/C21H26ClN3O3/c1-3-25(4-2)14-13-23-21(27)16-9-11-17(12-10-16)24-20(26)15-28-19-8-6-5-7-18(19)22/h5-12H,3-4,13-15H2,1-2H3,(H,23,27)(H,24,26)/p+1. The number of para-hydroxylation sites is 1. The van der Waals surface area contributed by atoms with Crippen LogP contribution in [0.15, 0.2) is 48.5 Å². The molecule has 3 N–H and O–H groups in total. The molecule has 0 saturated heterocycles. The van der Waals surface area contributed by atoms with E-state index in [-0.39, 0.29) is 18.4 Å². The van der Waals surface area contributed by atoms with Crippen LogP contribution in [0.5, 0.6) is 5.75 Å². The van der Waals surface area contributed by atoms with E-state index in [2.05, 4.69) is 24.5 Å². The molecule has 0 heterocycles. The number of ether oxygens (including phenoxy) is 1. The summed E-state index contributed by atoms with van der Waals surface area (Å²) in [6, 6.07) is 13.7. The largest absolute Gasteiger partial charge is 0.482 e. The molecule has 0 saturated carbocycles. The fourth-order valence-corrected chi connectivity index (χ4v) is 2.86. The number of anilines is 1. The summed E-state index contributed by atoms with van der Waals surface area (Å²) in [5.41, 5.74) is 1.15. The molecule has 0 aliphatic rings. The molecule has 0 fully saturated rings. The summed E-state index contributed by atoms with van der Waals surface area (Å²) in [7, 11) is 0. The summed E-state index contributed by atoms with van der Waals surface area (Å²) in [5.74, 6) is 0.0312. The maximum atomic E-state index is 12.2. The smallest absolute Gasteiger partial charge is 0.262 e. The second-order valence-corrected chi connectivity index (χ2v) is 6.71. The predicted octanol–water partition coefficient (Wildman–Crippen LogP) is 2.01. The highest BCUT2D eigenvalue weighted by Crippen LogP contribution is 2.22. The molecule has 7 heteroatoms. The normalized spacial score (nSPS) is 10.6. The van der Waals surface area contributed by atoms with Crippen molar-refractivity contribution in [2.24, 2.45) is 0 Å². The Morgan fingerprint density at radius 2 is 1.71 bits per heavy atom. The van der Waals surface area contributed by atoms with E-state index in [9.17, 15) is 9.59 Å². The molecular weight excluding hydrogens is 378 g/mol. The lowest BCUT2D eigenvalue weighted by molar-refractivity contribution is -0.895. The number of carbonyl (C=O) groups excluding carboxylic acids is 2. The molecular formula is C21H27ClN3O3+. The number of nitrogens with one attached hydrogen (secondary N) is 3. The van der Waals surface area contributed by atoms with Crippen LogP contribution in [0.2, 0.25) is 5.02 Å². The second kappa shape index (κ2) is 11.3. The van der Waals surface area contributed by atoms with Gasteiger partial charge in [-0.05, 0) is 50.2 Å². The number of rotatable bonds is 10. The quantitative estimate of drug-likeness (QED) is 0.567. The van der Waals surface area contributed by atoms with Crippen molar-refractivity contribution in [1.82, 2.24) is 5.32 Å². The van der Waals surface area contributed by atoms with E-state index in [0.29, 0.717) is 28.6 Å². The van der Waals surface area contributed by atoms with E-state index in [1.807, 2.05) is 0 Å². The number of halogens is 1. The van der Waals surface area contributed by atoms with Gasteiger partial charge in [0, 0.05) is 11.3 Å². The number of hydrogen-bond acceptors (Lipinski definition) is 3. The summed E-state index contributed by atoms with van der Waals surface area (Å²) in [5, 5.41) is 6.10. The molecule has 0 aliphatic heterocycles. The molecule has 28 heavy (non-hydrogen) atoms. The van der Waals surface area contributed by atoms with E-state index < -0.39 is 0 Å². The molecule has 2 rings (SSSR count). The molecule has 0 unspecified atom stereocenters. The van der Waals surface area contributed by atoms with Crippen molar-refractivity contribution < 1.29 is 19.2 Å². The molecule has 2 amide bonds. The molecule has 150 valence electrons. The van der Waals surface area contributed by atoms with Gasteiger partial charge in [-0.1, -0.05) is 23.7 Å². The summed E-state index contributed by atoms with van der Waals surface area (Å²) in [4.78, 5) is 25.6. The van der Waals surface area contributed by atoms with E-state index in [1.165, 1.54) is 4.90 Å². The average molecular weight is 405 g/mol. The zero-order valence-corrected chi connectivity index (χ0v) is 17.0. The minimum Gasteiger partial charge on any atom is -0.482 e. The van der Waals surface area contributed by atoms with E-state index in [0.717, 1.165) is 19.6 Å². The van der Waals surface area contributed by atoms with Crippen LogP contribution < -0.4 is 20.3 Å². The number of benzene rings is 2. The molecule has 0 spiro atoms. The van der Waals surface area contributed by atoms with Crippen LogP contribution in [-0.2, 0) is 4.79 Å². The van der Waals surface area contributed by atoms with Gasteiger partial charge in [0.05, 0.1) is 31.2 Å². The summed E-state index contributed by atoms with van der Waals surface area (Å²) >= 11 is 5.99. The van der Waals surface area contributed by atoms with Gasteiger partial charge in [-0.2, -0.15) is 0 Å². The van der Waals surface area contributed by atoms with E-state index in [1.54, 1.807) is 48.5 Å². The SMILES string of the molecule is CC[NH+](CC)CCNC(=O)c1ccc(NC(=O)COc2ccccc2Cl)cc1. The lowest BCUT2D eigenvalue weighted by Gasteiger charge is -2.15. The average Bonchev–Trinajstić information content (AvgIpc) is 2.71. The predicted molar refractivity (Wildman–Crippen MR) is 111 cm³/mol. The van der Waals surface area contributed by atoms with Crippen LogP contribution in [0, 0.1) is 0 Å². The van der Waals surface area contributed by atoms with Crippen molar-refractivity contribution in [1.29, 1.82) is 0 Å². The zero-order chi connectivity index (χ0) is 20.4. The van der Waals surface area contributed by atoms with Gasteiger partial charge in [-0.25, -0.2) is 0 Å². The molecule has 0 aliphatic carbocycles. The highest BCUT2D eigenvalue weighted by atomic mass is 35.5. The first kappa shape index (κ1) is 21.7. The van der Waals surface area contributed by atoms with Crippen LogP contribution >= 0.6 is 11.6 Å². The number of hydrogen-bond donors (Lipinski definition) is 3. The van der Waals surface area contributed by atoms with Crippen LogP contribution in [0.25, 0.3) is 0 Å².